The lowest BCUT2D eigenvalue weighted by molar-refractivity contribution is -0.135. The predicted octanol–water partition coefficient (Wildman–Crippen LogP) is -0.896. The Morgan fingerprint density at radius 1 is 1.33 bits per heavy atom. The van der Waals surface area contributed by atoms with Crippen LogP contribution >= 0.6 is 0 Å². The molecule has 6 heteroatoms. The van der Waals surface area contributed by atoms with Gasteiger partial charge in [0, 0.05) is 26.1 Å². The van der Waals surface area contributed by atoms with Crippen molar-refractivity contribution < 1.29 is 14.3 Å². The standard InChI is InChI=1S/C12H21N3O3/c16-11(15-6-8-18-9-7-15)3-5-14-12(17)10-2-1-4-13-10/h10,13H,1-9H2,(H,14,17)/t10-/m0/s1. The number of carbonyl (C=O) groups is 2. The zero-order chi connectivity index (χ0) is 12.8. The molecule has 2 amide bonds. The van der Waals surface area contributed by atoms with E-state index >= 15 is 0 Å². The minimum absolute atomic E-state index is 0.0160. The van der Waals surface area contributed by atoms with E-state index < -0.39 is 0 Å². The van der Waals surface area contributed by atoms with Gasteiger partial charge in [-0.3, -0.25) is 9.59 Å². The van der Waals surface area contributed by atoms with Crippen LogP contribution < -0.4 is 10.6 Å². The van der Waals surface area contributed by atoms with Gasteiger partial charge in [0.05, 0.1) is 19.3 Å². The number of ether oxygens (including phenoxy) is 1. The fraction of sp³-hybridized carbons (Fsp3) is 0.833. The summed E-state index contributed by atoms with van der Waals surface area (Å²) in [6, 6.07) is -0.0662. The third kappa shape index (κ3) is 3.68. The SMILES string of the molecule is O=C(NCCC(=O)N1CCOCC1)[C@@H]1CCCN1. The van der Waals surface area contributed by atoms with E-state index in [1.807, 2.05) is 0 Å². The molecule has 0 aromatic carbocycles. The van der Waals surface area contributed by atoms with E-state index in [4.69, 9.17) is 4.74 Å². The zero-order valence-electron chi connectivity index (χ0n) is 10.6. The summed E-state index contributed by atoms with van der Waals surface area (Å²) in [5.74, 6) is 0.111. The summed E-state index contributed by atoms with van der Waals surface area (Å²) < 4.78 is 5.19. The quantitative estimate of drug-likeness (QED) is 0.683. The first-order valence-electron chi connectivity index (χ1n) is 6.64. The molecule has 0 unspecified atom stereocenters. The normalized spacial score (nSPS) is 24.0. The van der Waals surface area contributed by atoms with Crippen molar-refractivity contribution in [2.45, 2.75) is 25.3 Å². The minimum Gasteiger partial charge on any atom is -0.378 e. The number of carbonyl (C=O) groups excluding carboxylic acids is 2. The van der Waals surface area contributed by atoms with Gasteiger partial charge < -0.3 is 20.3 Å². The highest BCUT2D eigenvalue weighted by Crippen LogP contribution is 2.04. The Labute approximate surface area is 107 Å². The molecule has 2 fully saturated rings. The maximum absolute atomic E-state index is 11.8. The fourth-order valence-electron chi connectivity index (χ4n) is 2.30. The predicted molar refractivity (Wildman–Crippen MR) is 66.1 cm³/mol. The van der Waals surface area contributed by atoms with E-state index in [-0.39, 0.29) is 17.9 Å². The highest BCUT2D eigenvalue weighted by atomic mass is 16.5. The molecule has 2 heterocycles. The highest BCUT2D eigenvalue weighted by molar-refractivity contribution is 5.83. The Kier molecular flexibility index (Phi) is 4.95. The largest absolute Gasteiger partial charge is 0.378 e. The van der Waals surface area contributed by atoms with E-state index in [0.29, 0.717) is 39.3 Å². The molecule has 1 atom stereocenters. The van der Waals surface area contributed by atoms with Gasteiger partial charge in [0.2, 0.25) is 11.8 Å². The molecule has 2 saturated heterocycles. The lowest BCUT2D eigenvalue weighted by atomic mass is 10.2. The van der Waals surface area contributed by atoms with Crippen LogP contribution in [0.1, 0.15) is 19.3 Å². The second-order valence-corrected chi connectivity index (χ2v) is 4.68. The van der Waals surface area contributed by atoms with Crippen LogP contribution in [-0.4, -0.2) is 62.1 Å². The molecule has 102 valence electrons. The van der Waals surface area contributed by atoms with Crippen LogP contribution in [0.5, 0.6) is 0 Å². The lowest BCUT2D eigenvalue weighted by Gasteiger charge is -2.26. The summed E-state index contributed by atoms with van der Waals surface area (Å²) in [4.78, 5) is 25.3. The summed E-state index contributed by atoms with van der Waals surface area (Å²) in [6.45, 7) is 3.89. The van der Waals surface area contributed by atoms with Gasteiger partial charge in [-0.2, -0.15) is 0 Å². The van der Waals surface area contributed by atoms with Crippen LogP contribution in [0.2, 0.25) is 0 Å². The molecule has 0 bridgehead atoms. The van der Waals surface area contributed by atoms with Crippen molar-refractivity contribution >= 4 is 11.8 Å². The summed E-state index contributed by atoms with van der Waals surface area (Å²) in [5.41, 5.74) is 0. The van der Waals surface area contributed by atoms with Gasteiger partial charge in [0.1, 0.15) is 0 Å². The molecule has 2 rings (SSSR count). The molecule has 0 aromatic heterocycles. The molecule has 2 aliphatic heterocycles. The van der Waals surface area contributed by atoms with Crippen LogP contribution in [0.25, 0.3) is 0 Å². The highest BCUT2D eigenvalue weighted by Gasteiger charge is 2.22. The summed E-state index contributed by atoms with van der Waals surface area (Å²) in [5, 5.41) is 5.95. The average molecular weight is 255 g/mol. The third-order valence-electron chi connectivity index (χ3n) is 3.38. The maximum Gasteiger partial charge on any atom is 0.237 e. The van der Waals surface area contributed by atoms with E-state index in [1.54, 1.807) is 4.90 Å². The topological polar surface area (TPSA) is 70.7 Å². The summed E-state index contributed by atoms with van der Waals surface area (Å²) >= 11 is 0. The van der Waals surface area contributed by atoms with E-state index in [2.05, 4.69) is 10.6 Å². The average Bonchev–Trinajstić information content (AvgIpc) is 2.93. The van der Waals surface area contributed by atoms with Crippen molar-refractivity contribution in [3.63, 3.8) is 0 Å². The molecule has 0 saturated carbocycles. The Bertz CT molecular complexity index is 297. The molecular formula is C12H21N3O3. The van der Waals surface area contributed by atoms with Gasteiger partial charge in [-0.05, 0) is 19.4 Å². The summed E-state index contributed by atoms with van der Waals surface area (Å²) in [7, 11) is 0. The smallest absolute Gasteiger partial charge is 0.237 e. The van der Waals surface area contributed by atoms with Gasteiger partial charge in [0.25, 0.3) is 0 Å². The Balaban J connectivity index is 1.62. The summed E-state index contributed by atoms with van der Waals surface area (Å²) in [6.07, 6.45) is 2.31. The number of hydrogen-bond acceptors (Lipinski definition) is 4. The Morgan fingerprint density at radius 3 is 2.78 bits per heavy atom. The monoisotopic (exact) mass is 255 g/mol. The van der Waals surface area contributed by atoms with E-state index in [0.717, 1.165) is 19.4 Å². The number of amides is 2. The van der Waals surface area contributed by atoms with Crippen LogP contribution in [0.3, 0.4) is 0 Å². The second-order valence-electron chi connectivity index (χ2n) is 4.68. The van der Waals surface area contributed by atoms with Crippen molar-refractivity contribution in [1.82, 2.24) is 15.5 Å². The van der Waals surface area contributed by atoms with Crippen LogP contribution in [0.15, 0.2) is 0 Å². The fourth-order valence-corrected chi connectivity index (χ4v) is 2.30. The molecule has 0 aliphatic carbocycles. The van der Waals surface area contributed by atoms with Gasteiger partial charge in [-0.15, -0.1) is 0 Å². The van der Waals surface area contributed by atoms with Gasteiger partial charge in [0.15, 0.2) is 0 Å². The maximum atomic E-state index is 11.8. The first-order chi connectivity index (χ1) is 8.77. The minimum atomic E-state index is -0.0662. The lowest BCUT2D eigenvalue weighted by Crippen LogP contribution is -2.44. The van der Waals surface area contributed by atoms with E-state index in [1.165, 1.54) is 0 Å². The van der Waals surface area contributed by atoms with E-state index in [9.17, 15) is 9.59 Å². The molecule has 2 N–H and O–H groups in total. The number of rotatable bonds is 4. The molecule has 18 heavy (non-hydrogen) atoms. The molecule has 0 aromatic rings. The van der Waals surface area contributed by atoms with Crippen LogP contribution in [-0.2, 0) is 14.3 Å². The first kappa shape index (κ1) is 13.3. The number of nitrogens with zero attached hydrogens (tertiary/aromatic N) is 1. The molecular weight excluding hydrogens is 234 g/mol. The number of morpholine rings is 1. The molecule has 0 radical (unpaired) electrons. The van der Waals surface area contributed by atoms with Crippen LogP contribution in [0, 0.1) is 0 Å². The van der Waals surface area contributed by atoms with Gasteiger partial charge in [-0.25, -0.2) is 0 Å². The third-order valence-corrected chi connectivity index (χ3v) is 3.38. The van der Waals surface area contributed by atoms with Crippen molar-refractivity contribution in [3.05, 3.63) is 0 Å². The number of hydrogen-bond donors (Lipinski definition) is 2. The van der Waals surface area contributed by atoms with Crippen molar-refractivity contribution in [1.29, 1.82) is 0 Å². The van der Waals surface area contributed by atoms with Crippen molar-refractivity contribution in [2.75, 3.05) is 39.4 Å². The second kappa shape index (κ2) is 6.70. The van der Waals surface area contributed by atoms with Crippen LogP contribution in [0.4, 0.5) is 0 Å². The number of nitrogens with one attached hydrogen (secondary N) is 2. The first-order valence-corrected chi connectivity index (χ1v) is 6.64. The zero-order valence-corrected chi connectivity index (χ0v) is 10.6. The molecule has 0 spiro atoms. The Morgan fingerprint density at radius 2 is 2.11 bits per heavy atom. The molecule has 6 nitrogen and oxygen atoms in total. The molecule has 2 aliphatic rings. The van der Waals surface area contributed by atoms with Gasteiger partial charge >= 0.3 is 0 Å². The Hall–Kier alpha value is -1.14. The van der Waals surface area contributed by atoms with Crippen molar-refractivity contribution in [2.24, 2.45) is 0 Å². The van der Waals surface area contributed by atoms with Crippen molar-refractivity contribution in [3.8, 4) is 0 Å². The van der Waals surface area contributed by atoms with Gasteiger partial charge in [-0.1, -0.05) is 0 Å².